The molecule has 6 heteroatoms. The largest absolute Gasteiger partial charge is 0.418 e. The summed E-state index contributed by atoms with van der Waals surface area (Å²) in [6.45, 7) is 3.80. The summed E-state index contributed by atoms with van der Waals surface area (Å²) in [5, 5.41) is 2.39. The molecule has 0 unspecified atom stereocenters. The molecule has 1 fully saturated rings. The first-order valence-electron chi connectivity index (χ1n) is 6.56. The molecule has 0 spiro atoms. The van der Waals surface area contributed by atoms with Crippen molar-refractivity contribution in [2.45, 2.75) is 44.9 Å². The van der Waals surface area contributed by atoms with E-state index in [1.807, 2.05) is 13.8 Å². The SMILES string of the molecule is C[C@@H]1CC[C@H](C)N1C(=O)Nc1ccccc1C(F)(F)F. The van der Waals surface area contributed by atoms with Crippen molar-refractivity contribution in [3.05, 3.63) is 29.8 Å². The van der Waals surface area contributed by atoms with E-state index >= 15 is 0 Å². The molecule has 2 atom stereocenters. The first-order chi connectivity index (χ1) is 9.30. The van der Waals surface area contributed by atoms with Gasteiger partial charge < -0.3 is 10.2 Å². The highest BCUT2D eigenvalue weighted by molar-refractivity contribution is 5.90. The van der Waals surface area contributed by atoms with Crippen LogP contribution in [0.4, 0.5) is 23.7 Å². The molecule has 3 nitrogen and oxygen atoms in total. The zero-order chi connectivity index (χ0) is 14.9. The molecule has 20 heavy (non-hydrogen) atoms. The summed E-state index contributed by atoms with van der Waals surface area (Å²) in [6, 6.07) is 4.63. The van der Waals surface area contributed by atoms with Crippen molar-refractivity contribution < 1.29 is 18.0 Å². The van der Waals surface area contributed by atoms with Crippen LogP contribution in [0.2, 0.25) is 0 Å². The topological polar surface area (TPSA) is 32.3 Å². The van der Waals surface area contributed by atoms with Gasteiger partial charge in [0.05, 0.1) is 11.3 Å². The normalized spacial score (nSPS) is 22.9. The van der Waals surface area contributed by atoms with Gasteiger partial charge in [-0.05, 0) is 38.8 Å². The first kappa shape index (κ1) is 14.7. The minimum atomic E-state index is -4.48. The lowest BCUT2D eigenvalue weighted by atomic mass is 10.1. The van der Waals surface area contributed by atoms with Gasteiger partial charge in [-0.25, -0.2) is 4.79 Å². The molecule has 110 valence electrons. The van der Waals surface area contributed by atoms with Gasteiger partial charge in [-0.3, -0.25) is 0 Å². The molecule has 1 saturated heterocycles. The summed E-state index contributed by atoms with van der Waals surface area (Å²) in [6.07, 6.45) is -2.74. The van der Waals surface area contributed by atoms with Crippen LogP contribution in [0.15, 0.2) is 24.3 Å². The van der Waals surface area contributed by atoms with Crippen LogP contribution in [0.5, 0.6) is 0 Å². The number of alkyl halides is 3. The third-order valence-electron chi connectivity index (χ3n) is 3.66. The molecule has 0 aliphatic carbocycles. The van der Waals surface area contributed by atoms with Crippen molar-refractivity contribution in [3.8, 4) is 0 Å². The number of nitrogens with zero attached hydrogens (tertiary/aromatic N) is 1. The summed E-state index contributed by atoms with van der Waals surface area (Å²) >= 11 is 0. The maximum absolute atomic E-state index is 12.9. The fourth-order valence-corrected chi connectivity index (χ4v) is 2.61. The Kier molecular flexibility index (Phi) is 3.92. The van der Waals surface area contributed by atoms with E-state index in [0.717, 1.165) is 18.9 Å². The minimum Gasteiger partial charge on any atom is -0.319 e. The lowest BCUT2D eigenvalue weighted by Gasteiger charge is -2.27. The molecular weight excluding hydrogens is 269 g/mol. The average molecular weight is 286 g/mol. The second-order valence-corrected chi connectivity index (χ2v) is 5.16. The highest BCUT2D eigenvalue weighted by atomic mass is 19.4. The number of likely N-dealkylation sites (tertiary alicyclic amines) is 1. The van der Waals surface area contributed by atoms with E-state index in [0.29, 0.717) is 0 Å². The summed E-state index contributed by atoms with van der Waals surface area (Å²) in [7, 11) is 0. The predicted octanol–water partition coefficient (Wildman–Crippen LogP) is 4.11. The Bertz CT molecular complexity index is 491. The van der Waals surface area contributed by atoms with Gasteiger partial charge in [0.25, 0.3) is 0 Å². The van der Waals surface area contributed by atoms with Gasteiger partial charge in [-0.2, -0.15) is 13.2 Å². The van der Waals surface area contributed by atoms with Gasteiger partial charge >= 0.3 is 12.2 Å². The van der Waals surface area contributed by atoms with Gasteiger partial charge in [0.2, 0.25) is 0 Å². The molecule has 1 N–H and O–H groups in total. The Hall–Kier alpha value is -1.72. The quantitative estimate of drug-likeness (QED) is 0.828. The molecule has 0 saturated carbocycles. The van der Waals surface area contributed by atoms with E-state index in [2.05, 4.69) is 5.32 Å². The van der Waals surface area contributed by atoms with Crippen LogP contribution >= 0.6 is 0 Å². The summed E-state index contributed by atoms with van der Waals surface area (Å²) in [5.41, 5.74) is -1.02. The van der Waals surface area contributed by atoms with Crippen LogP contribution in [0.1, 0.15) is 32.3 Å². The molecule has 1 aliphatic rings. The van der Waals surface area contributed by atoms with E-state index in [1.54, 1.807) is 4.90 Å². The Labute approximate surface area is 115 Å². The molecular formula is C14H17F3N2O. The van der Waals surface area contributed by atoms with Gasteiger partial charge in [-0.1, -0.05) is 12.1 Å². The number of hydrogen-bond acceptors (Lipinski definition) is 1. The van der Waals surface area contributed by atoms with Gasteiger partial charge in [-0.15, -0.1) is 0 Å². The third-order valence-corrected chi connectivity index (χ3v) is 3.66. The fourth-order valence-electron chi connectivity index (χ4n) is 2.61. The number of carbonyl (C=O) groups is 1. The van der Waals surface area contributed by atoms with E-state index < -0.39 is 17.8 Å². The van der Waals surface area contributed by atoms with E-state index in [4.69, 9.17) is 0 Å². The van der Waals surface area contributed by atoms with Gasteiger partial charge in [0.15, 0.2) is 0 Å². The number of anilines is 1. The lowest BCUT2D eigenvalue weighted by Crippen LogP contribution is -2.41. The van der Waals surface area contributed by atoms with E-state index in [-0.39, 0.29) is 17.8 Å². The predicted molar refractivity (Wildman–Crippen MR) is 70.5 cm³/mol. The first-order valence-corrected chi connectivity index (χ1v) is 6.56. The molecule has 1 aromatic rings. The summed E-state index contributed by atoms with van der Waals surface area (Å²) < 4.78 is 38.6. The number of amides is 2. The number of urea groups is 1. The highest BCUT2D eigenvalue weighted by Gasteiger charge is 2.35. The average Bonchev–Trinajstić information content (AvgIpc) is 2.68. The molecule has 2 rings (SSSR count). The third kappa shape index (κ3) is 2.89. The molecule has 1 aliphatic heterocycles. The van der Waals surface area contributed by atoms with Crippen molar-refractivity contribution in [1.29, 1.82) is 0 Å². The fraction of sp³-hybridized carbons (Fsp3) is 0.500. The Morgan fingerprint density at radius 3 is 2.30 bits per heavy atom. The number of carbonyl (C=O) groups excluding carboxylic acids is 1. The number of hydrogen-bond donors (Lipinski definition) is 1. The smallest absolute Gasteiger partial charge is 0.319 e. The van der Waals surface area contributed by atoms with E-state index in [9.17, 15) is 18.0 Å². The Balaban J connectivity index is 2.20. The second-order valence-electron chi connectivity index (χ2n) is 5.16. The number of nitrogens with one attached hydrogen (secondary N) is 1. The van der Waals surface area contributed by atoms with Crippen molar-refractivity contribution in [2.75, 3.05) is 5.32 Å². The van der Waals surface area contributed by atoms with Crippen molar-refractivity contribution in [1.82, 2.24) is 4.90 Å². The zero-order valence-electron chi connectivity index (χ0n) is 11.4. The molecule has 2 amide bonds. The number of benzene rings is 1. The minimum absolute atomic E-state index is 0.0445. The Morgan fingerprint density at radius 2 is 1.75 bits per heavy atom. The molecule has 0 radical (unpaired) electrons. The van der Waals surface area contributed by atoms with Crippen LogP contribution in [0.3, 0.4) is 0 Å². The standard InChI is InChI=1S/C14H17F3N2O/c1-9-7-8-10(2)19(9)13(20)18-12-6-4-3-5-11(12)14(15,16)17/h3-6,9-10H,7-8H2,1-2H3,(H,18,20)/t9-,10+. The second kappa shape index (κ2) is 5.34. The summed E-state index contributed by atoms with van der Waals surface area (Å²) in [5.74, 6) is 0. The monoisotopic (exact) mass is 286 g/mol. The molecule has 0 bridgehead atoms. The van der Waals surface area contributed by atoms with Crippen LogP contribution in [0.25, 0.3) is 0 Å². The maximum Gasteiger partial charge on any atom is 0.418 e. The van der Waals surface area contributed by atoms with E-state index in [1.165, 1.54) is 18.2 Å². The highest BCUT2D eigenvalue weighted by Crippen LogP contribution is 2.35. The lowest BCUT2D eigenvalue weighted by molar-refractivity contribution is -0.136. The number of para-hydroxylation sites is 1. The molecule has 1 aromatic carbocycles. The molecule has 1 heterocycles. The van der Waals surface area contributed by atoms with Crippen LogP contribution < -0.4 is 5.32 Å². The number of halogens is 3. The van der Waals surface area contributed by atoms with Crippen LogP contribution in [-0.2, 0) is 6.18 Å². The van der Waals surface area contributed by atoms with Crippen molar-refractivity contribution in [2.24, 2.45) is 0 Å². The van der Waals surface area contributed by atoms with Gasteiger partial charge in [0.1, 0.15) is 0 Å². The van der Waals surface area contributed by atoms with Crippen LogP contribution in [-0.4, -0.2) is 23.0 Å². The summed E-state index contributed by atoms with van der Waals surface area (Å²) in [4.78, 5) is 13.8. The maximum atomic E-state index is 12.9. The van der Waals surface area contributed by atoms with Crippen molar-refractivity contribution in [3.63, 3.8) is 0 Å². The number of rotatable bonds is 1. The van der Waals surface area contributed by atoms with Crippen LogP contribution in [0, 0.1) is 0 Å². The van der Waals surface area contributed by atoms with Crippen molar-refractivity contribution >= 4 is 11.7 Å². The molecule has 0 aromatic heterocycles. The Morgan fingerprint density at radius 1 is 1.20 bits per heavy atom. The van der Waals surface area contributed by atoms with Gasteiger partial charge in [0, 0.05) is 12.1 Å². The zero-order valence-corrected chi connectivity index (χ0v) is 11.4.